The zero-order valence-corrected chi connectivity index (χ0v) is 15.0. The Morgan fingerprint density at radius 3 is 2.96 bits per heavy atom. The van der Waals surface area contributed by atoms with Crippen molar-refractivity contribution in [2.75, 3.05) is 6.54 Å². The van der Waals surface area contributed by atoms with Gasteiger partial charge in [-0.15, -0.1) is 0 Å². The van der Waals surface area contributed by atoms with Gasteiger partial charge in [-0.3, -0.25) is 4.90 Å². The maximum absolute atomic E-state index is 5.97. The fraction of sp³-hybridized carbons (Fsp3) is 0.550. The molecule has 1 aliphatic heterocycles. The molecule has 3 rings (SSSR count). The topological polar surface area (TPSA) is 38.5 Å². The van der Waals surface area contributed by atoms with Crippen LogP contribution in [0.1, 0.15) is 63.1 Å². The number of nitrogens with zero attached hydrogens (tertiary/aromatic N) is 2. The first-order chi connectivity index (χ1) is 11.7. The van der Waals surface area contributed by atoms with Crippen molar-refractivity contribution in [3.05, 3.63) is 47.3 Å². The van der Waals surface area contributed by atoms with Crippen LogP contribution in [0.25, 0.3) is 0 Å². The quantitative estimate of drug-likeness (QED) is 0.735. The van der Waals surface area contributed by atoms with E-state index in [0.717, 1.165) is 49.6 Å². The molecule has 24 heavy (non-hydrogen) atoms. The van der Waals surface area contributed by atoms with E-state index in [1.165, 1.54) is 12.0 Å². The maximum Gasteiger partial charge on any atom is 0.137 e. The van der Waals surface area contributed by atoms with Gasteiger partial charge in [-0.1, -0.05) is 30.3 Å². The third kappa shape index (κ3) is 3.99. The number of hydrogen-bond acceptors (Lipinski definition) is 4. The first-order valence-electron chi connectivity index (χ1n) is 9.11. The minimum absolute atomic E-state index is 0.188. The van der Waals surface area contributed by atoms with Gasteiger partial charge in [0.05, 0.1) is 12.1 Å². The van der Waals surface area contributed by atoms with E-state index in [2.05, 4.69) is 55.1 Å². The second-order valence-corrected chi connectivity index (χ2v) is 6.87. The zero-order chi connectivity index (χ0) is 16.9. The lowest BCUT2D eigenvalue weighted by Crippen LogP contribution is -2.23. The van der Waals surface area contributed by atoms with Crippen LogP contribution in [0.3, 0.4) is 0 Å². The highest BCUT2D eigenvalue weighted by atomic mass is 16.5. The molecule has 0 saturated carbocycles. The number of aromatic nitrogens is 1. The van der Waals surface area contributed by atoms with E-state index in [9.17, 15) is 0 Å². The molecule has 0 N–H and O–H groups in total. The van der Waals surface area contributed by atoms with Crippen molar-refractivity contribution in [3.63, 3.8) is 0 Å². The summed E-state index contributed by atoms with van der Waals surface area (Å²) in [6, 6.07) is 10.9. The first-order valence-corrected chi connectivity index (χ1v) is 9.11. The predicted molar refractivity (Wildman–Crippen MR) is 95.1 cm³/mol. The Hall–Kier alpha value is -1.81. The van der Waals surface area contributed by atoms with Gasteiger partial charge in [0, 0.05) is 24.6 Å². The van der Waals surface area contributed by atoms with Crippen molar-refractivity contribution in [2.24, 2.45) is 0 Å². The summed E-state index contributed by atoms with van der Waals surface area (Å²) in [5.74, 6) is 1.99. The minimum Gasteiger partial charge on any atom is -0.491 e. The van der Waals surface area contributed by atoms with E-state index in [1.54, 1.807) is 0 Å². The molecule has 1 aliphatic rings. The van der Waals surface area contributed by atoms with Gasteiger partial charge in [-0.25, -0.2) is 0 Å². The van der Waals surface area contributed by atoms with Gasteiger partial charge < -0.3 is 9.26 Å². The van der Waals surface area contributed by atoms with E-state index >= 15 is 0 Å². The molecule has 130 valence electrons. The van der Waals surface area contributed by atoms with Crippen LogP contribution in [0.15, 0.2) is 34.9 Å². The SMILES string of the molecule is CCCc1cc(C2CCCN2Cc2ccccc2OC(C)C)no1. The Labute approximate surface area is 144 Å². The van der Waals surface area contributed by atoms with Crippen LogP contribution >= 0.6 is 0 Å². The van der Waals surface area contributed by atoms with Gasteiger partial charge >= 0.3 is 0 Å². The van der Waals surface area contributed by atoms with E-state index < -0.39 is 0 Å². The van der Waals surface area contributed by atoms with Crippen molar-refractivity contribution in [1.29, 1.82) is 0 Å². The van der Waals surface area contributed by atoms with Gasteiger partial charge in [-0.05, 0) is 45.7 Å². The lowest BCUT2D eigenvalue weighted by Gasteiger charge is -2.24. The molecule has 1 atom stereocenters. The van der Waals surface area contributed by atoms with Gasteiger partial charge in [0.2, 0.25) is 0 Å². The van der Waals surface area contributed by atoms with Gasteiger partial charge in [0.1, 0.15) is 17.2 Å². The van der Waals surface area contributed by atoms with Crippen LogP contribution in [0.5, 0.6) is 5.75 Å². The Morgan fingerprint density at radius 1 is 1.33 bits per heavy atom. The van der Waals surface area contributed by atoms with Crippen LogP contribution < -0.4 is 4.74 Å². The largest absolute Gasteiger partial charge is 0.491 e. The molecule has 0 spiro atoms. The molecule has 1 unspecified atom stereocenters. The fourth-order valence-corrected chi connectivity index (χ4v) is 3.42. The highest BCUT2D eigenvalue weighted by Gasteiger charge is 2.29. The molecule has 1 fully saturated rings. The van der Waals surface area contributed by atoms with E-state index in [4.69, 9.17) is 9.26 Å². The monoisotopic (exact) mass is 328 g/mol. The molecule has 1 saturated heterocycles. The average molecular weight is 328 g/mol. The maximum atomic E-state index is 5.97. The second-order valence-electron chi connectivity index (χ2n) is 6.87. The summed E-state index contributed by atoms with van der Waals surface area (Å²) >= 11 is 0. The molecule has 0 bridgehead atoms. The van der Waals surface area contributed by atoms with Crippen molar-refractivity contribution in [3.8, 4) is 5.75 Å². The Bertz CT molecular complexity index is 651. The molecule has 0 radical (unpaired) electrons. The molecular weight excluding hydrogens is 300 g/mol. The lowest BCUT2D eigenvalue weighted by molar-refractivity contribution is 0.216. The third-order valence-electron chi connectivity index (χ3n) is 4.49. The van der Waals surface area contributed by atoms with E-state index in [-0.39, 0.29) is 6.10 Å². The van der Waals surface area contributed by atoms with Gasteiger partial charge in [0.25, 0.3) is 0 Å². The molecule has 0 amide bonds. The number of benzene rings is 1. The molecule has 4 heteroatoms. The Kier molecular flexibility index (Phi) is 5.56. The van der Waals surface area contributed by atoms with Crippen molar-refractivity contribution < 1.29 is 9.26 Å². The number of aryl methyl sites for hydroxylation is 1. The molecule has 0 aliphatic carbocycles. The summed E-state index contributed by atoms with van der Waals surface area (Å²) in [6.07, 6.45) is 4.58. The van der Waals surface area contributed by atoms with Crippen LogP contribution in [-0.2, 0) is 13.0 Å². The first kappa shape index (κ1) is 17.0. The number of para-hydroxylation sites is 1. The highest BCUT2D eigenvalue weighted by Crippen LogP contribution is 2.34. The standard InChI is InChI=1S/C20H28N2O2/c1-4-8-17-13-18(21-24-17)19-10-7-12-22(19)14-16-9-5-6-11-20(16)23-15(2)3/h5-6,9,11,13,15,19H,4,7-8,10,12,14H2,1-3H3. The molecule has 1 aromatic heterocycles. The van der Waals surface area contributed by atoms with Crippen molar-refractivity contribution in [2.45, 2.75) is 65.1 Å². The van der Waals surface area contributed by atoms with Crippen LogP contribution in [0.4, 0.5) is 0 Å². The third-order valence-corrected chi connectivity index (χ3v) is 4.49. The summed E-state index contributed by atoms with van der Waals surface area (Å²) in [5, 5.41) is 4.33. The van der Waals surface area contributed by atoms with Gasteiger partial charge in [-0.2, -0.15) is 0 Å². The van der Waals surface area contributed by atoms with Crippen molar-refractivity contribution >= 4 is 0 Å². The minimum atomic E-state index is 0.188. The summed E-state index contributed by atoms with van der Waals surface area (Å²) < 4.78 is 11.5. The Morgan fingerprint density at radius 2 is 2.17 bits per heavy atom. The lowest BCUT2D eigenvalue weighted by atomic mass is 10.1. The Balaban J connectivity index is 1.74. The normalized spacial score (nSPS) is 18.4. The molecule has 4 nitrogen and oxygen atoms in total. The van der Waals surface area contributed by atoms with Crippen LogP contribution in [0, 0.1) is 0 Å². The highest BCUT2D eigenvalue weighted by molar-refractivity contribution is 5.33. The van der Waals surface area contributed by atoms with Gasteiger partial charge in [0.15, 0.2) is 0 Å². The summed E-state index contributed by atoms with van der Waals surface area (Å²) in [7, 11) is 0. The number of rotatable bonds is 7. The van der Waals surface area contributed by atoms with Crippen LogP contribution in [0.2, 0.25) is 0 Å². The smallest absolute Gasteiger partial charge is 0.137 e. The van der Waals surface area contributed by atoms with Crippen LogP contribution in [-0.4, -0.2) is 22.7 Å². The van der Waals surface area contributed by atoms with E-state index in [0.29, 0.717) is 6.04 Å². The summed E-state index contributed by atoms with van der Waals surface area (Å²) in [6.45, 7) is 8.29. The van der Waals surface area contributed by atoms with E-state index in [1.807, 2.05) is 6.07 Å². The predicted octanol–water partition coefficient (Wildman–Crippen LogP) is 4.75. The van der Waals surface area contributed by atoms with Crippen molar-refractivity contribution in [1.82, 2.24) is 10.1 Å². The summed E-state index contributed by atoms with van der Waals surface area (Å²) in [4.78, 5) is 2.50. The summed E-state index contributed by atoms with van der Waals surface area (Å²) in [5.41, 5.74) is 2.33. The molecule has 2 aromatic rings. The number of likely N-dealkylation sites (tertiary alicyclic amines) is 1. The average Bonchev–Trinajstić information content (AvgIpc) is 3.18. The second kappa shape index (κ2) is 7.84. The zero-order valence-electron chi connectivity index (χ0n) is 15.0. The molecule has 1 aromatic carbocycles. The number of ether oxygens (including phenoxy) is 1. The number of hydrogen-bond donors (Lipinski definition) is 0. The molecular formula is C20H28N2O2. The fourth-order valence-electron chi connectivity index (χ4n) is 3.42. The molecule has 2 heterocycles.